The van der Waals surface area contributed by atoms with E-state index in [4.69, 9.17) is 11.6 Å². The average Bonchev–Trinajstić information content (AvgIpc) is 2.75. The lowest BCUT2D eigenvalue weighted by molar-refractivity contribution is -0.116. The number of aliphatic hydroxyl groups excluding tert-OH is 1. The number of carbonyl (C=O) groups excluding carboxylic acids is 1. The van der Waals surface area contributed by atoms with E-state index in [1.165, 1.54) is 4.57 Å². The Morgan fingerprint density at radius 3 is 2.52 bits per heavy atom. The van der Waals surface area contributed by atoms with E-state index in [0.717, 1.165) is 23.2 Å². The highest BCUT2D eigenvalue weighted by molar-refractivity contribution is 6.30. The second-order valence-electron chi connectivity index (χ2n) is 7.38. The predicted molar refractivity (Wildman–Crippen MR) is 124 cm³/mol. The maximum absolute atomic E-state index is 13.2. The molecule has 0 saturated carbocycles. The van der Waals surface area contributed by atoms with Gasteiger partial charge in [0.2, 0.25) is 5.91 Å². The monoisotopic (exact) mass is 439 g/mol. The number of rotatable bonds is 7. The number of para-hydroxylation sites is 1. The lowest BCUT2D eigenvalue weighted by Crippen LogP contribution is -2.33. The Labute approximate surface area is 186 Å². The lowest BCUT2D eigenvalue weighted by atomic mass is 10.1. The van der Waals surface area contributed by atoms with Gasteiger partial charge in [-0.15, -0.1) is 0 Å². The Morgan fingerprint density at radius 2 is 1.87 bits per heavy atom. The van der Waals surface area contributed by atoms with Crippen molar-refractivity contribution in [3.8, 4) is 11.4 Å². The molecule has 2 N–H and O–H groups in total. The van der Waals surface area contributed by atoms with Crippen LogP contribution in [-0.2, 0) is 24.2 Å². The van der Waals surface area contributed by atoms with Crippen molar-refractivity contribution in [2.45, 2.75) is 40.2 Å². The van der Waals surface area contributed by atoms with E-state index in [1.807, 2.05) is 32.0 Å². The van der Waals surface area contributed by atoms with E-state index in [1.54, 1.807) is 31.2 Å². The maximum Gasteiger partial charge on any atom is 0.257 e. The number of halogens is 1. The predicted octanol–water partition coefficient (Wildman–Crippen LogP) is 3.92. The van der Waals surface area contributed by atoms with E-state index in [-0.39, 0.29) is 31.0 Å². The van der Waals surface area contributed by atoms with Gasteiger partial charge in [-0.05, 0) is 55.7 Å². The van der Waals surface area contributed by atoms with Gasteiger partial charge in [0, 0.05) is 40.6 Å². The summed E-state index contributed by atoms with van der Waals surface area (Å²) in [6, 6.07) is 12.8. The van der Waals surface area contributed by atoms with E-state index < -0.39 is 0 Å². The first-order chi connectivity index (χ1) is 14.8. The SMILES string of the molecule is CCc1cccc(C)c1NC(=O)Cn1c(-c2ccc(Cl)cc2)nc(C)c(CCO)c1=O. The number of hydrogen-bond acceptors (Lipinski definition) is 4. The Hall–Kier alpha value is -2.96. The van der Waals surface area contributed by atoms with Crippen LogP contribution in [0.2, 0.25) is 5.02 Å². The zero-order chi connectivity index (χ0) is 22.5. The summed E-state index contributed by atoms with van der Waals surface area (Å²) in [6.45, 7) is 5.33. The van der Waals surface area contributed by atoms with Gasteiger partial charge in [0.05, 0.1) is 0 Å². The van der Waals surface area contributed by atoms with Crippen molar-refractivity contribution >= 4 is 23.2 Å². The number of aryl methyl sites for hydroxylation is 3. The second-order valence-corrected chi connectivity index (χ2v) is 7.82. The Bertz CT molecular complexity index is 1150. The van der Waals surface area contributed by atoms with Gasteiger partial charge in [0.25, 0.3) is 5.56 Å². The molecule has 0 aliphatic carbocycles. The fourth-order valence-electron chi connectivity index (χ4n) is 3.59. The smallest absolute Gasteiger partial charge is 0.257 e. The molecule has 0 fully saturated rings. The van der Waals surface area contributed by atoms with E-state index >= 15 is 0 Å². The van der Waals surface area contributed by atoms with Crippen LogP contribution in [0.4, 0.5) is 5.69 Å². The number of aromatic nitrogens is 2. The Kier molecular flexibility index (Phi) is 7.25. The third kappa shape index (κ3) is 5.03. The van der Waals surface area contributed by atoms with Crippen molar-refractivity contribution < 1.29 is 9.90 Å². The number of anilines is 1. The van der Waals surface area contributed by atoms with Gasteiger partial charge < -0.3 is 10.4 Å². The largest absolute Gasteiger partial charge is 0.396 e. The van der Waals surface area contributed by atoms with E-state index in [0.29, 0.717) is 27.7 Å². The number of aliphatic hydroxyl groups is 1. The molecule has 3 rings (SSSR count). The zero-order valence-corrected chi connectivity index (χ0v) is 18.7. The Morgan fingerprint density at radius 1 is 1.16 bits per heavy atom. The van der Waals surface area contributed by atoms with Crippen molar-refractivity contribution in [3.63, 3.8) is 0 Å². The summed E-state index contributed by atoms with van der Waals surface area (Å²) < 4.78 is 1.36. The number of nitrogens with one attached hydrogen (secondary N) is 1. The van der Waals surface area contributed by atoms with E-state index in [9.17, 15) is 14.7 Å². The molecule has 1 heterocycles. The molecule has 1 aromatic heterocycles. The number of hydrogen-bond donors (Lipinski definition) is 2. The van der Waals surface area contributed by atoms with Crippen LogP contribution in [0.15, 0.2) is 47.3 Å². The highest BCUT2D eigenvalue weighted by Crippen LogP contribution is 2.23. The average molecular weight is 440 g/mol. The molecular formula is C24H26ClN3O3. The number of amides is 1. The molecule has 2 aromatic carbocycles. The number of nitrogens with zero attached hydrogens (tertiary/aromatic N) is 2. The molecule has 0 radical (unpaired) electrons. The van der Waals surface area contributed by atoms with Crippen LogP contribution in [0.1, 0.15) is 29.3 Å². The van der Waals surface area contributed by atoms with E-state index in [2.05, 4.69) is 10.3 Å². The number of benzene rings is 2. The normalized spacial score (nSPS) is 10.9. The minimum absolute atomic E-state index is 0.173. The summed E-state index contributed by atoms with van der Waals surface area (Å²) >= 11 is 6.01. The quantitative estimate of drug-likeness (QED) is 0.584. The van der Waals surface area contributed by atoms with Crippen molar-refractivity contribution in [3.05, 3.63) is 80.2 Å². The van der Waals surface area contributed by atoms with Gasteiger partial charge in [-0.2, -0.15) is 0 Å². The van der Waals surface area contributed by atoms with Gasteiger partial charge in [0.15, 0.2) is 0 Å². The molecule has 0 unspecified atom stereocenters. The summed E-state index contributed by atoms with van der Waals surface area (Å²) in [6.07, 6.45) is 0.956. The van der Waals surface area contributed by atoms with Crippen LogP contribution in [0.25, 0.3) is 11.4 Å². The van der Waals surface area contributed by atoms with Gasteiger partial charge in [0.1, 0.15) is 12.4 Å². The van der Waals surface area contributed by atoms with Crippen LogP contribution < -0.4 is 10.9 Å². The first-order valence-corrected chi connectivity index (χ1v) is 10.6. The fraction of sp³-hybridized carbons (Fsp3) is 0.292. The first kappa shape index (κ1) is 22.7. The molecule has 0 atom stereocenters. The van der Waals surface area contributed by atoms with Crippen LogP contribution in [0.3, 0.4) is 0 Å². The molecule has 0 saturated heterocycles. The minimum atomic E-state index is -0.331. The third-order valence-corrected chi connectivity index (χ3v) is 5.49. The minimum Gasteiger partial charge on any atom is -0.396 e. The van der Waals surface area contributed by atoms with Crippen LogP contribution >= 0.6 is 11.6 Å². The van der Waals surface area contributed by atoms with Gasteiger partial charge in [-0.25, -0.2) is 4.98 Å². The van der Waals surface area contributed by atoms with Crippen molar-refractivity contribution in [2.75, 3.05) is 11.9 Å². The molecule has 162 valence electrons. The van der Waals surface area contributed by atoms with Gasteiger partial charge >= 0.3 is 0 Å². The summed E-state index contributed by atoms with van der Waals surface area (Å²) in [5, 5.41) is 12.9. The van der Waals surface area contributed by atoms with Crippen LogP contribution in [-0.4, -0.2) is 27.2 Å². The standard InChI is InChI=1S/C24H26ClN3O3/c1-4-17-7-5-6-15(2)22(17)27-21(30)14-28-23(18-8-10-19(25)11-9-18)26-16(3)20(12-13-29)24(28)31/h5-11,29H,4,12-14H2,1-3H3,(H,27,30). The topological polar surface area (TPSA) is 84.2 Å². The molecule has 0 aliphatic rings. The van der Waals surface area contributed by atoms with Crippen molar-refractivity contribution in [1.82, 2.24) is 9.55 Å². The van der Waals surface area contributed by atoms with Gasteiger partial charge in [-0.1, -0.05) is 36.7 Å². The summed E-state index contributed by atoms with van der Waals surface area (Å²) in [4.78, 5) is 30.8. The number of carbonyl (C=O) groups is 1. The Balaban J connectivity index is 2.04. The highest BCUT2D eigenvalue weighted by atomic mass is 35.5. The molecule has 3 aromatic rings. The van der Waals surface area contributed by atoms with Crippen molar-refractivity contribution in [2.24, 2.45) is 0 Å². The van der Waals surface area contributed by atoms with Crippen molar-refractivity contribution in [1.29, 1.82) is 0 Å². The zero-order valence-electron chi connectivity index (χ0n) is 17.9. The molecule has 0 aliphatic heterocycles. The molecule has 6 nitrogen and oxygen atoms in total. The molecule has 0 spiro atoms. The van der Waals surface area contributed by atoms with Crippen LogP contribution in [0, 0.1) is 13.8 Å². The highest BCUT2D eigenvalue weighted by Gasteiger charge is 2.18. The summed E-state index contributed by atoms with van der Waals surface area (Å²) in [5.74, 6) is 0.0680. The molecule has 0 bridgehead atoms. The fourth-order valence-corrected chi connectivity index (χ4v) is 3.72. The summed E-state index contributed by atoms with van der Waals surface area (Å²) in [5.41, 5.74) is 4.04. The first-order valence-electron chi connectivity index (χ1n) is 10.2. The maximum atomic E-state index is 13.2. The molecular weight excluding hydrogens is 414 g/mol. The molecule has 7 heteroatoms. The van der Waals surface area contributed by atoms with Crippen LogP contribution in [0.5, 0.6) is 0 Å². The molecule has 31 heavy (non-hydrogen) atoms. The third-order valence-electron chi connectivity index (χ3n) is 5.24. The second kappa shape index (κ2) is 9.90. The summed E-state index contributed by atoms with van der Waals surface area (Å²) in [7, 11) is 0. The lowest BCUT2D eigenvalue weighted by Gasteiger charge is -2.17. The van der Waals surface area contributed by atoms with Gasteiger partial charge in [-0.3, -0.25) is 14.2 Å². The molecule has 1 amide bonds.